The van der Waals surface area contributed by atoms with Crippen LogP contribution in [0.25, 0.3) is 0 Å². The van der Waals surface area contributed by atoms with Gasteiger partial charge >= 0.3 is 11.9 Å². The molecule has 0 radical (unpaired) electrons. The standard InChI is InChI=1S/C38H58N2O11S/c1-2-49-27-12-18-31(33(22-27)37(43)44)35(41)39-24-8-14-29(15-9-24)52(47,48)30-16-10-25(11-17-30)40-36(42)32-19-13-28(23-34(32)38(45)46)51-21-20-50-26-6-4-3-5-7-26/h1,24-34H,3-23H2,(H,39,41)(H,40,42)(H,43,44)(H,45,46). The molecule has 0 aliphatic heterocycles. The van der Waals surface area contributed by atoms with Crippen LogP contribution in [0.1, 0.15) is 122 Å². The fraction of sp³-hybridized carbons (Fsp3) is 0.842. The molecule has 13 nitrogen and oxygen atoms in total. The van der Waals surface area contributed by atoms with Crippen LogP contribution in [0.15, 0.2) is 0 Å². The molecule has 52 heavy (non-hydrogen) atoms. The zero-order valence-corrected chi connectivity index (χ0v) is 31.1. The molecule has 2 amide bonds. The number of terminal acetylenes is 1. The van der Waals surface area contributed by atoms with Crippen LogP contribution in [0.4, 0.5) is 0 Å². The van der Waals surface area contributed by atoms with E-state index in [1.807, 2.05) is 0 Å². The van der Waals surface area contributed by atoms with Crippen LogP contribution in [-0.4, -0.2) is 96.5 Å². The molecular weight excluding hydrogens is 692 g/mol. The van der Waals surface area contributed by atoms with Gasteiger partial charge in [-0.05, 0) is 103 Å². The summed E-state index contributed by atoms with van der Waals surface area (Å²) < 4.78 is 44.4. The second-order valence-electron chi connectivity index (χ2n) is 15.8. The van der Waals surface area contributed by atoms with Gasteiger partial charge < -0.3 is 35.1 Å². The summed E-state index contributed by atoms with van der Waals surface area (Å²) in [5.74, 6) is -5.72. The van der Waals surface area contributed by atoms with Crippen molar-refractivity contribution >= 4 is 33.6 Å². The van der Waals surface area contributed by atoms with Crippen LogP contribution in [0.5, 0.6) is 0 Å². The van der Waals surface area contributed by atoms with Crippen molar-refractivity contribution in [3.63, 3.8) is 0 Å². The fourth-order valence-corrected chi connectivity index (χ4v) is 11.8. The topological polar surface area (TPSA) is 195 Å². The lowest BCUT2D eigenvalue weighted by Gasteiger charge is -2.37. The quantitative estimate of drug-likeness (QED) is 0.148. The third kappa shape index (κ3) is 10.6. The molecular formula is C38H58N2O11S. The summed E-state index contributed by atoms with van der Waals surface area (Å²) in [7, 11) is -3.44. The Bertz CT molecular complexity index is 1380. The summed E-state index contributed by atoms with van der Waals surface area (Å²) in [6, 6.07) is -0.413. The number of hydrogen-bond donors (Lipinski definition) is 4. The van der Waals surface area contributed by atoms with E-state index in [1.54, 1.807) is 0 Å². The number of amides is 2. The lowest BCUT2D eigenvalue weighted by atomic mass is 9.77. The molecule has 0 bridgehead atoms. The Morgan fingerprint density at radius 1 is 0.577 bits per heavy atom. The molecule has 5 rings (SSSR count). The lowest BCUT2D eigenvalue weighted by molar-refractivity contribution is -0.152. The van der Waals surface area contributed by atoms with E-state index in [1.165, 1.54) is 19.3 Å². The summed E-state index contributed by atoms with van der Waals surface area (Å²) in [4.78, 5) is 50.5. The minimum absolute atomic E-state index is 0.171. The van der Waals surface area contributed by atoms with Crippen molar-refractivity contribution in [3.8, 4) is 12.5 Å². The van der Waals surface area contributed by atoms with Gasteiger partial charge in [0.1, 0.15) is 12.2 Å². The number of ether oxygens (including phenoxy) is 3. The zero-order chi connectivity index (χ0) is 37.3. The maximum atomic E-state index is 13.7. The maximum absolute atomic E-state index is 13.7. The predicted octanol–water partition coefficient (Wildman–Crippen LogP) is 3.97. The summed E-state index contributed by atoms with van der Waals surface area (Å²) in [5.41, 5.74) is 0. The number of carbonyl (C=O) groups is 4. The van der Waals surface area contributed by atoms with Crippen LogP contribution in [0.3, 0.4) is 0 Å². The smallest absolute Gasteiger partial charge is 0.307 e. The molecule has 0 heterocycles. The van der Waals surface area contributed by atoms with Crippen molar-refractivity contribution in [2.75, 3.05) is 13.2 Å². The molecule has 0 saturated heterocycles. The first kappa shape index (κ1) is 40.3. The normalized spacial score (nSPS) is 34.7. The van der Waals surface area contributed by atoms with Crippen LogP contribution in [0.2, 0.25) is 0 Å². The van der Waals surface area contributed by atoms with Gasteiger partial charge in [0.05, 0.1) is 59.6 Å². The lowest BCUT2D eigenvalue weighted by Crippen LogP contribution is -2.49. The highest BCUT2D eigenvalue weighted by molar-refractivity contribution is 7.92. The molecule has 0 aromatic carbocycles. The Morgan fingerprint density at radius 2 is 1.02 bits per heavy atom. The first-order valence-corrected chi connectivity index (χ1v) is 21.2. The minimum atomic E-state index is -3.44. The van der Waals surface area contributed by atoms with Crippen LogP contribution in [-0.2, 0) is 43.2 Å². The van der Waals surface area contributed by atoms with Gasteiger partial charge in [0, 0.05) is 12.1 Å². The molecule has 14 heteroatoms. The fourth-order valence-electron chi connectivity index (χ4n) is 9.41. The van der Waals surface area contributed by atoms with E-state index < -0.39 is 62.1 Å². The number of carbonyl (C=O) groups excluding carboxylic acids is 2. The van der Waals surface area contributed by atoms with Crippen molar-refractivity contribution in [1.29, 1.82) is 0 Å². The molecule has 0 aromatic heterocycles. The average molecular weight is 751 g/mol. The van der Waals surface area contributed by atoms with Crippen LogP contribution < -0.4 is 10.6 Å². The Hall–Kier alpha value is -2.89. The van der Waals surface area contributed by atoms with Crippen molar-refractivity contribution < 1.29 is 52.0 Å². The number of rotatable bonds is 14. The Labute approximate surface area is 308 Å². The van der Waals surface area contributed by atoms with E-state index in [-0.39, 0.29) is 48.9 Å². The van der Waals surface area contributed by atoms with Crippen molar-refractivity contribution in [2.24, 2.45) is 23.7 Å². The molecule has 292 valence electrons. The van der Waals surface area contributed by atoms with Gasteiger partial charge in [0.25, 0.3) is 0 Å². The zero-order valence-electron chi connectivity index (χ0n) is 30.3. The van der Waals surface area contributed by atoms with Crippen molar-refractivity contribution in [2.45, 2.75) is 163 Å². The molecule has 0 aromatic rings. The Kier molecular flexibility index (Phi) is 14.7. The van der Waals surface area contributed by atoms with Gasteiger partial charge in [-0.3, -0.25) is 19.2 Å². The largest absolute Gasteiger partial charge is 0.481 e. The second kappa shape index (κ2) is 18.9. The summed E-state index contributed by atoms with van der Waals surface area (Å²) in [5, 5.41) is 24.7. The number of sulfone groups is 1. The minimum Gasteiger partial charge on any atom is -0.481 e. The highest BCUT2D eigenvalue weighted by atomic mass is 32.2. The third-order valence-electron chi connectivity index (χ3n) is 12.5. The molecule has 4 N–H and O–H groups in total. The van der Waals surface area contributed by atoms with E-state index >= 15 is 0 Å². The number of hydrogen-bond acceptors (Lipinski definition) is 9. The SMILES string of the molecule is C#COC1CCC(C(=O)NC2CCC(S(=O)(=O)C3CCC(NC(=O)C4CCC(OCCOC5CCCCC5)CC4C(=O)O)CC3)CC2)C(C(=O)O)C1. The van der Waals surface area contributed by atoms with Gasteiger partial charge in [-0.2, -0.15) is 0 Å². The van der Waals surface area contributed by atoms with Gasteiger partial charge in [-0.1, -0.05) is 25.7 Å². The Balaban J connectivity index is 1.01. The number of aliphatic carboxylic acids is 2. The van der Waals surface area contributed by atoms with Gasteiger partial charge in [-0.15, -0.1) is 0 Å². The van der Waals surface area contributed by atoms with E-state index in [2.05, 4.69) is 16.7 Å². The van der Waals surface area contributed by atoms with Gasteiger partial charge in [0.15, 0.2) is 9.84 Å². The first-order chi connectivity index (χ1) is 25.0. The van der Waals surface area contributed by atoms with Gasteiger partial charge in [0.2, 0.25) is 11.8 Å². The molecule has 6 atom stereocenters. The number of carboxylic acids is 2. The second-order valence-corrected chi connectivity index (χ2v) is 18.3. The van der Waals surface area contributed by atoms with E-state index in [9.17, 15) is 37.8 Å². The highest BCUT2D eigenvalue weighted by Gasteiger charge is 2.44. The first-order valence-electron chi connectivity index (χ1n) is 19.6. The number of nitrogens with one attached hydrogen (secondary N) is 2. The maximum Gasteiger partial charge on any atom is 0.307 e. The molecule has 6 unspecified atom stereocenters. The molecule has 5 aliphatic carbocycles. The van der Waals surface area contributed by atoms with E-state index in [0.717, 1.165) is 12.8 Å². The van der Waals surface area contributed by atoms with Crippen LogP contribution >= 0.6 is 0 Å². The van der Waals surface area contributed by atoms with Gasteiger partial charge in [-0.25, -0.2) is 8.42 Å². The summed E-state index contributed by atoms with van der Waals surface area (Å²) >= 11 is 0. The molecule has 5 saturated carbocycles. The molecule has 5 aliphatic rings. The Morgan fingerprint density at radius 3 is 1.48 bits per heavy atom. The monoisotopic (exact) mass is 750 g/mol. The van der Waals surface area contributed by atoms with E-state index in [0.29, 0.717) is 90.3 Å². The van der Waals surface area contributed by atoms with Crippen LogP contribution in [0, 0.1) is 36.2 Å². The average Bonchev–Trinajstić information content (AvgIpc) is 3.14. The molecule has 5 fully saturated rings. The molecule has 0 spiro atoms. The van der Waals surface area contributed by atoms with Crippen molar-refractivity contribution in [1.82, 2.24) is 10.6 Å². The predicted molar refractivity (Wildman–Crippen MR) is 190 cm³/mol. The van der Waals surface area contributed by atoms with Crippen molar-refractivity contribution in [3.05, 3.63) is 0 Å². The van der Waals surface area contributed by atoms with E-state index in [4.69, 9.17) is 20.6 Å². The third-order valence-corrected chi connectivity index (χ3v) is 15.3. The summed E-state index contributed by atoms with van der Waals surface area (Å²) in [6.45, 7) is 0.902. The highest BCUT2D eigenvalue weighted by Crippen LogP contribution is 2.37. The summed E-state index contributed by atoms with van der Waals surface area (Å²) in [6.07, 6.45) is 18.8. The number of carboxylic acid groups (broad SMARTS) is 2.